The molecule has 0 aliphatic carbocycles. The number of aromatic amines is 1. The molecule has 0 spiro atoms. The molecule has 2 bridgehead atoms. The second-order valence-corrected chi connectivity index (χ2v) is 17.4. The number of aliphatic hydroxyl groups is 3. The van der Waals surface area contributed by atoms with Crippen LogP contribution in [0.15, 0.2) is 17.2 Å². The normalized spacial score (nSPS) is 26.8. The lowest BCUT2D eigenvalue weighted by Crippen LogP contribution is -2.62. The molecule has 1 saturated heterocycles. The third kappa shape index (κ3) is 11.8. The summed E-state index contributed by atoms with van der Waals surface area (Å²) in [4.78, 5) is 139. The van der Waals surface area contributed by atoms with E-state index >= 15 is 0 Å². The van der Waals surface area contributed by atoms with Crippen LogP contribution in [0.1, 0.15) is 45.6 Å². The average Bonchev–Trinajstić information content (AvgIpc) is 3.82. The number of aromatic hydroxyl groups is 1. The molecule has 2 aromatic rings. The number of nitrogens with one attached hydrogen (secondary N) is 8. The molecular formula is C39H53N11O15S. The van der Waals surface area contributed by atoms with Gasteiger partial charge in [0.2, 0.25) is 53.2 Å². The number of fused-ring (bicyclic) bond motifs is 5. The number of carbonyl (C=O) groups is 9. The molecular weight excluding hydrogens is 895 g/mol. The zero-order valence-electron chi connectivity index (χ0n) is 36.0. The van der Waals surface area contributed by atoms with E-state index in [0.717, 1.165) is 28.8 Å². The molecule has 1 aromatic heterocycles. The fourth-order valence-electron chi connectivity index (χ4n) is 7.74. The number of nitrogens with two attached hydrogens (primary N) is 1. The van der Waals surface area contributed by atoms with Crippen LogP contribution in [0.5, 0.6) is 5.75 Å². The van der Waals surface area contributed by atoms with Crippen molar-refractivity contribution in [3.8, 4) is 5.75 Å². The highest BCUT2D eigenvalue weighted by atomic mass is 32.2. The highest BCUT2D eigenvalue weighted by Gasteiger charge is 2.45. The van der Waals surface area contributed by atoms with Gasteiger partial charge < -0.3 is 73.3 Å². The molecule has 0 radical (unpaired) electrons. The number of hydrogen-bond acceptors (Lipinski definition) is 16. The van der Waals surface area contributed by atoms with Crippen molar-refractivity contribution in [1.82, 2.24) is 47.1 Å². The number of carbonyl (C=O) groups excluding carboxylic acids is 9. The Bertz CT molecular complexity index is 2280. The van der Waals surface area contributed by atoms with Gasteiger partial charge >= 0.3 is 5.69 Å². The fourth-order valence-corrected chi connectivity index (χ4v) is 8.86. The first-order valence-corrected chi connectivity index (χ1v) is 21.9. The summed E-state index contributed by atoms with van der Waals surface area (Å²) < 4.78 is 0. The topological polar surface area (TPSA) is 407 Å². The number of primary amides is 1. The summed E-state index contributed by atoms with van der Waals surface area (Å²) in [6.07, 6.45) is -4.50. The van der Waals surface area contributed by atoms with Gasteiger partial charge in [-0.15, -0.1) is 11.8 Å². The van der Waals surface area contributed by atoms with E-state index < -0.39 is 181 Å². The van der Waals surface area contributed by atoms with Crippen LogP contribution in [0.25, 0.3) is 10.9 Å². The van der Waals surface area contributed by atoms with Crippen molar-refractivity contribution in [2.75, 3.05) is 32.0 Å². The number of nitro benzene ring substituents is 1. The first-order chi connectivity index (χ1) is 31.1. The molecule has 14 N–H and O–H groups in total. The van der Waals surface area contributed by atoms with Gasteiger partial charge in [-0.05, 0) is 11.5 Å². The molecule has 3 aliphatic rings. The van der Waals surface area contributed by atoms with Gasteiger partial charge in [-0.3, -0.25) is 53.3 Å². The number of benzene rings is 1. The van der Waals surface area contributed by atoms with Crippen LogP contribution >= 0.6 is 11.8 Å². The SMILES string of the molecule is CC[C@H](C)[C@@H]1NC(=O)CNC(=O)[C@@H]2Cc3c([nH]c4cc(O)c([N+](=O)[O-])cc34)SC[C@H](NC(=O)CNC1=O)C(=O)N[C@@H](CC(N)=O)C(=O)N1C[C@H](O)C[C@H]1C(=O)N[C@@H](C(C)[C@@H](O)CO)C(=O)N2. The van der Waals surface area contributed by atoms with Gasteiger partial charge in [0.05, 0.1) is 53.8 Å². The number of phenols is 1. The molecule has 5 rings (SSSR count). The van der Waals surface area contributed by atoms with Crippen molar-refractivity contribution in [2.45, 2.75) is 99.9 Å². The Kier molecular flexibility index (Phi) is 16.5. The number of nitro groups is 1. The molecule has 9 amide bonds. The van der Waals surface area contributed by atoms with Crippen molar-refractivity contribution in [1.29, 1.82) is 0 Å². The second-order valence-electron chi connectivity index (χ2n) is 16.4. The van der Waals surface area contributed by atoms with Gasteiger partial charge in [-0.2, -0.15) is 0 Å². The van der Waals surface area contributed by atoms with E-state index in [-0.39, 0.29) is 21.5 Å². The predicted molar refractivity (Wildman–Crippen MR) is 228 cm³/mol. The predicted octanol–water partition coefficient (Wildman–Crippen LogP) is -5.03. The molecule has 27 heteroatoms. The minimum absolute atomic E-state index is 0.0284. The second kappa shape index (κ2) is 21.6. The molecule has 26 nitrogen and oxygen atoms in total. The Morgan fingerprint density at radius 2 is 1.58 bits per heavy atom. The third-order valence-electron chi connectivity index (χ3n) is 11.7. The number of hydrogen-bond donors (Lipinski definition) is 13. The van der Waals surface area contributed by atoms with Crippen molar-refractivity contribution in [3.05, 3.63) is 27.8 Å². The number of aromatic nitrogens is 1. The quantitative estimate of drug-likeness (QED) is 0.0870. The maximum atomic E-state index is 14.5. The van der Waals surface area contributed by atoms with Crippen molar-refractivity contribution < 1.29 is 68.5 Å². The van der Waals surface area contributed by atoms with Crippen molar-refractivity contribution in [2.24, 2.45) is 17.6 Å². The minimum atomic E-state index is -1.82. The number of rotatable bonds is 8. The summed E-state index contributed by atoms with van der Waals surface area (Å²) in [7, 11) is 0. The van der Waals surface area contributed by atoms with Gasteiger partial charge in [0.15, 0.2) is 5.75 Å². The van der Waals surface area contributed by atoms with E-state index in [4.69, 9.17) is 5.73 Å². The van der Waals surface area contributed by atoms with E-state index in [2.05, 4.69) is 42.2 Å². The van der Waals surface area contributed by atoms with E-state index in [1.54, 1.807) is 13.8 Å². The van der Waals surface area contributed by atoms with Crippen molar-refractivity contribution in [3.63, 3.8) is 0 Å². The molecule has 1 unspecified atom stereocenters. The first kappa shape index (κ1) is 50.4. The lowest BCUT2D eigenvalue weighted by Gasteiger charge is -2.32. The van der Waals surface area contributed by atoms with Gasteiger partial charge in [-0.25, -0.2) is 0 Å². The van der Waals surface area contributed by atoms with Crippen LogP contribution in [-0.2, 0) is 49.6 Å². The maximum Gasteiger partial charge on any atom is 0.311 e. The highest BCUT2D eigenvalue weighted by Crippen LogP contribution is 2.38. The Hall–Kier alpha value is -6.58. The number of aliphatic hydroxyl groups excluding tert-OH is 3. The van der Waals surface area contributed by atoms with Gasteiger partial charge in [-0.1, -0.05) is 27.2 Å². The number of amides is 9. The first-order valence-electron chi connectivity index (χ1n) is 20.9. The maximum absolute atomic E-state index is 14.5. The number of H-pyrrole nitrogens is 1. The van der Waals surface area contributed by atoms with E-state index in [0.29, 0.717) is 6.42 Å². The minimum Gasteiger partial charge on any atom is -0.502 e. The van der Waals surface area contributed by atoms with Crippen LogP contribution in [0.3, 0.4) is 0 Å². The lowest BCUT2D eigenvalue weighted by molar-refractivity contribution is -0.385. The number of phenolic OH excluding ortho intramolecular Hbond substituents is 1. The summed E-state index contributed by atoms with van der Waals surface area (Å²) in [6, 6.07) is -7.85. The smallest absolute Gasteiger partial charge is 0.311 e. The Balaban J connectivity index is 1.75. The summed E-state index contributed by atoms with van der Waals surface area (Å²) in [5, 5.41) is 71.1. The molecule has 3 aliphatic heterocycles. The molecule has 360 valence electrons. The molecule has 1 aromatic carbocycles. The zero-order valence-corrected chi connectivity index (χ0v) is 36.8. The van der Waals surface area contributed by atoms with Gasteiger partial charge in [0.25, 0.3) is 0 Å². The average molecular weight is 948 g/mol. The molecule has 1 fully saturated rings. The summed E-state index contributed by atoms with van der Waals surface area (Å²) >= 11 is 0.794. The summed E-state index contributed by atoms with van der Waals surface area (Å²) in [5.41, 5.74) is 4.83. The Morgan fingerprint density at radius 1 is 0.909 bits per heavy atom. The fraction of sp³-hybridized carbons (Fsp3) is 0.564. The Labute approximate surface area is 379 Å². The van der Waals surface area contributed by atoms with Crippen LogP contribution in [0, 0.1) is 22.0 Å². The monoisotopic (exact) mass is 947 g/mol. The van der Waals surface area contributed by atoms with Crippen LogP contribution in [0.2, 0.25) is 0 Å². The van der Waals surface area contributed by atoms with E-state index in [1.807, 2.05) is 0 Å². The number of thioether (sulfide) groups is 1. The van der Waals surface area contributed by atoms with Crippen LogP contribution in [-0.4, -0.2) is 169 Å². The van der Waals surface area contributed by atoms with Gasteiger partial charge in [0.1, 0.15) is 36.3 Å². The highest BCUT2D eigenvalue weighted by molar-refractivity contribution is 7.99. The molecule has 4 heterocycles. The standard InChI is InChI=1S/C39H53N11O15S/c1-4-15(2)31-36(61)42-10-29(56)43-23-14-66-38-19(18-7-24(50(64)65)26(53)8-20(18)46-38)6-21(33(58)41-11-30(57)47-31)44-37(62)32(16(3)27(54)13-51)48-35(60)25-5-17(52)12-49(25)39(63)22(9-28(40)55)45-34(23)59/h7-8,15-17,21-23,25,27,31-32,46,51-54H,4-6,9-14H2,1-3H3,(H2,40,55)(H,41,58)(H,42,61)(H,43,56)(H,44,62)(H,45,59)(H,47,57)(H,48,60)/t15-,16?,17+,21-,22-,23-,25-,27-,31-,32-/m0/s1. The largest absolute Gasteiger partial charge is 0.502 e. The molecule has 66 heavy (non-hydrogen) atoms. The molecule has 10 atom stereocenters. The third-order valence-corrected chi connectivity index (χ3v) is 12.8. The van der Waals surface area contributed by atoms with E-state index in [1.165, 1.54) is 6.92 Å². The molecule has 0 saturated carbocycles. The lowest BCUT2D eigenvalue weighted by atomic mass is 9.93. The Morgan fingerprint density at radius 3 is 2.21 bits per heavy atom. The van der Waals surface area contributed by atoms with Crippen LogP contribution < -0.4 is 43.0 Å². The van der Waals surface area contributed by atoms with Gasteiger partial charge in [0, 0.05) is 48.6 Å². The summed E-state index contributed by atoms with van der Waals surface area (Å²) in [5.74, 6) is -12.3. The van der Waals surface area contributed by atoms with Crippen LogP contribution in [0.4, 0.5) is 5.69 Å². The summed E-state index contributed by atoms with van der Waals surface area (Å²) in [6.45, 7) is 1.69. The van der Waals surface area contributed by atoms with Crippen molar-refractivity contribution >= 4 is 81.5 Å². The zero-order chi connectivity index (χ0) is 48.7. The number of nitrogens with zero attached hydrogens (tertiary/aromatic N) is 2. The van der Waals surface area contributed by atoms with E-state index in [9.17, 15) is 73.7 Å².